The average Bonchev–Trinajstić information content (AvgIpc) is 2.40. The van der Waals surface area contributed by atoms with Gasteiger partial charge < -0.3 is 15.1 Å². The van der Waals surface area contributed by atoms with Gasteiger partial charge in [-0.2, -0.15) is 0 Å². The molecule has 0 aromatic heterocycles. The van der Waals surface area contributed by atoms with Crippen LogP contribution in [0.4, 0.5) is 5.69 Å². The van der Waals surface area contributed by atoms with E-state index in [-0.39, 0.29) is 0 Å². The summed E-state index contributed by atoms with van der Waals surface area (Å²) in [4.78, 5) is 4.87. The molecule has 0 atom stereocenters. The molecule has 1 heterocycles. The van der Waals surface area contributed by atoms with Gasteiger partial charge in [-0.25, -0.2) is 0 Å². The second-order valence-corrected chi connectivity index (χ2v) is 6.42. The van der Waals surface area contributed by atoms with E-state index in [1.54, 1.807) is 0 Å². The van der Waals surface area contributed by atoms with Gasteiger partial charge in [0.05, 0.1) is 0 Å². The van der Waals surface area contributed by atoms with Crippen LogP contribution in [-0.4, -0.2) is 56.6 Å². The van der Waals surface area contributed by atoms with Gasteiger partial charge in [-0.15, -0.1) is 0 Å². The Kier molecular flexibility index (Phi) is 6.14. The number of hydrogen-bond acceptors (Lipinski definition) is 3. The molecule has 1 aliphatic rings. The summed E-state index contributed by atoms with van der Waals surface area (Å²) in [5, 5.41) is 4.23. The van der Waals surface area contributed by atoms with Crippen molar-refractivity contribution in [1.82, 2.24) is 9.80 Å². The molecular weight excluding hydrogens is 270 g/mol. The van der Waals surface area contributed by atoms with Crippen molar-refractivity contribution in [2.75, 3.05) is 52.1 Å². The lowest BCUT2D eigenvalue weighted by Gasteiger charge is -2.33. The van der Waals surface area contributed by atoms with E-state index in [1.165, 1.54) is 32.5 Å². The van der Waals surface area contributed by atoms with E-state index in [9.17, 15) is 0 Å². The third-order valence-corrected chi connectivity index (χ3v) is 4.15. The molecule has 0 radical (unpaired) electrons. The molecular formula is C16H26ClN3. The van der Waals surface area contributed by atoms with Gasteiger partial charge in [-0.1, -0.05) is 17.7 Å². The van der Waals surface area contributed by atoms with Crippen molar-refractivity contribution in [2.24, 2.45) is 5.92 Å². The first-order valence-corrected chi connectivity index (χ1v) is 7.88. The normalized spacial score (nSPS) is 17.6. The molecule has 1 saturated heterocycles. The highest BCUT2D eigenvalue weighted by atomic mass is 35.5. The van der Waals surface area contributed by atoms with Gasteiger partial charge in [-0.05, 0) is 64.1 Å². The van der Waals surface area contributed by atoms with Crippen molar-refractivity contribution < 1.29 is 0 Å². The Morgan fingerprint density at radius 2 is 2.05 bits per heavy atom. The van der Waals surface area contributed by atoms with Crippen LogP contribution in [0.5, 0.6) is 0 Å². The second kappa shape index (κ2) is 7.87. The lowest BCUT2D eigenvalue weighted by atomic mass is 9.96. The van der Waals surface area contributed by atoms with E-state index in [4.69, 9.17) is 11.6 Å². The van der Waals surface area contributed by atoms with Crippen molar-refractivity contribution in [3.05, 3.63) is 29.3 Å². The number of benzene rings is 1. The average molecular weight is 296 g/mol. The molecule has 2 rings (SSSR count). The molecule has 0 aliphatic carbocycles. The maximum absolute atomic E-state index is 5.98. The molecule has 0 saturated carbocycles. The molecule has 20 heavy (non-hydrogen) atoms. The van der Waals surface area contributed by atoms with Crippen molar-refractivity contribution in [3.8, 4) is 0 Å². The predicted octanol–water partition coefficient (Wildman–Crippen LogP) is 3.03. The van der Waals surface area contributed by atoms with Gasteiger partial charge in [0, 0.05) is 30.3 Å². The quantitative estimate of drug-likeness (QED) is 0.870. The molecule has 1 N–H and O–H groups in total. The molecule has 1 aromatic carbocycles. The number of hydrogen-bond donors (Lipinski definition) is 1. The number of nitrogens with one attached hydrogen (secondary N) is 1. The molecule has 0 unspecified atom stereocenters. The Labute approximate surface area is 127 Å². The number of piperidine rings is 1. The lowest BCUT2D eigenvalue weighted by Crippen LogP contribution is -2.39. The Hall–Kier alpha value is -0.770. The standard InChI is InChI=1S/C16H26ClN3/c1-19(2)13-14-6-9-20(10-7-14)11-8-18-16-5-3-4-15(17)12-16/h3-5,12,14,18H,6-11,13H2,1-2H3. The highest BCUT2D eigenvalue weighted by Gasteiger charge is 2.18. The van der Waals surface area contributed by atoms with Crippen LogP contribution >= 0.6 is 11.6 Å². The van der Waals surface area contributed by atoms with Crippen molar-refractivity contribution in [2.45, 2.75) is 12.8 Å². The molecule has 1 aromatic rings. The molecule has 0 amide bonds. The fraction of sp³-hybridized carbons (Fsp3) is 0.625. The van der Waals surface area contributed by atoms with Gasteiger partial charge in [0.2, 0.25) is 0 Å². The minimum atomic E-state index is 0.791. The summed E-state index contributed by atoms with van der Waals surface area (Å²) in [6.45, 7) is 5.79. The van der Waals surface area contributed by atoms with Gasteiger partial charge in [0.25, 0.3) is 0 Å². The molecule has 1 fully saturated rings. The van der Waals surface area contributed by atoms with Crippen LogP contribution in [0.2, 0.25) is 5.02 Å². The summed E-state index contributed by atoms with van der Waals surface area (Å²) < 4.78 is 0. The third-order valence-electron chi connectivity index (χ3n) is 3.91. The van der Waals surface area contributed by atoms with E-state index in [0.717, 1.165) is 29.7 Å². The molecule has 4 heteroatoms. The SMILES string of the molecule is CN(C)CC1CCN(CCNc2cccc(Cl)c2)CC1. The van der Waals surface area contributed by atoms with Crippen LogP contribution in [0.3, 0.4) is 0 Å². The summed E-state index contributed by atoms with van der Waals surface area (Å²) in [6, 6.07) is 7.93. The predicted molar refractivity (Wildman–Crippen MR) is 87.7 cm³/mol. The smallest absolute Gasteiger partial charge is 0.0426 e. The van der Waals surface area contributed by atoms with Crippen LogP contribution in [0.25, 0.3) is 0 Å². The van der Waals surface area contributed by atoms with Gasteiger partial charge in [-0.3, -0.25) is 0 Å². The van der Waals surface area contributed by atoms with E-state index < -0.39 is 0 Å². The minimum Gasteiger partial charge on any atom is -0.384 e. The summed E-state index contributed by atoms with van der Waals surface area (Å²) in [7, 11) is 4.34. The number of likely N-dealkylation sites (tertiary alicyclic amines) is 1. The lowest BCUT2D eigenvalue weighted by molar-refractivity contribution is 0.167. The van der Waals surface area contributed by atoms with Crippen LogP contribution in [0.1, 0.15) is 12.8 Å². The monoisotopic (exact) mass is 295 g/mol. The van der Waals surface area contributed by atoms with E-state index >= 15 is 0 Å². The summed E-state index contributed by atoms with van der Waals surface area (Å²) in [5.74, 6) is 0.877. The molecule has 3 nitrogen and oxygen atoms in total. The molecule has 1 aliphatic heterocycles. The maximum Gasteiger partial charge on any atom is 0.0426 e. The zero-order chi connectivity index (χ0) is 14.4. The van der Waals surface area contributed by atoms with Crippen LogP contribution < -0.4 is 5.32 Å². The van der Waals surface area contributed by atoms with Crippen LogP contribution in [0, 0.1) is 5.92 Å². The Bertz CT molecular complexity index is 400. The fourth-order valence-electron chi connectivity index (χ4n) is 2.87. The highest BCUT2D eigenvalue weighted by molar-refractivity contribution is 6.30. The van der Waals surface area contributed by atoms with E-state index in [1.807, 2.05) is 18.2 Å². The van der Waals surface area contributed by atoms with E-state index in [2.05, 4.69) is 35.3 Å². The van der Waals surface area contributed by atoms with Gasteiger partial charge >= 0.3 is 0 Å². The first-order chi connectivity index (χ1) is 9.63. The summed E-state index contributed by atoms with van der Waals surface area (Å²) >= 11 is 5.98. The number of anilines is 1. The first kappa shape index (κ1) is 15.6. The van der Waals surface area contributed by atoms with Crippen molar-refractivity contribution in [3.63, 3.8) is 0 Å². The van der Waals surface area contributed by atoms with Crippen LogP contribution in [-0.2, 0) is 0 Å². The van der Waals surface area contributed by atoms with Crippen molar-refractivity contribution in [1.29, 1.82) is 0 Å². The third kappa shape index (κ3) is 5.31. The largest absolute Gasteiger partial charge is 0.384 e. The number of nitrogens with zero attached hydrogens (tertiary/aromatic N) is 2. The van der Waals surface area contributed by atoms with E-state index in [0.29, 0.717) is 0 Å². The fourth-order valence-corrected chi connectivity index (χ4v) is 3.06. The Morgan fingerprint density at radius 3 is 2.70 bits per heavy atom. The minimum absolute atomic E-state index is 0.791. The highest BCUT2D eigenvalue weighted by Crippen LogP contribution is 2.18. The maximum atomic E-state index is 5.98. The zero-order valence-electron chi connectivity index (χ0n) is 12.6. The molecule has 0 spiro atoms. The van der Waals surface area contributed by atoms with Gasteiger partial charge in [0.15, 0.2) is 0 Å². The zero-order valence-corrected chi connectivity index (χ0v) is 13.4. The number of rotatable bonds is 6. The van der Waals surface area contributed by atoms with Crippen molar-refractivity contribution >= 4 is 17.3 Å². The molecule has 0 bridgehead atoms. The van der Waals surface area contributed by atoms with Crippen LogP contribution in [0.15, 0.2) is 24.3 Å². The summed E-state index contributed by atoms with van der Waals surface area (Å²) in [6.07, 6.45) is 2.66. The van der Waals surface area contributed by atoms with Gasteiger partial charge in [0.1, 0.15) is 0 Å². The number of halogens is 1. The molecule has 112 valence electrons. The topological polar surface area (TPSA) is 18.5 Å². The first-order valence-electron chi connectivity index (χ1n) is 7.50. The second-order valence-electron chi connectivity index (χ2n) is 5.98. The summed E-state index contributed by atoms with van der Waals surface area (Å²) in [5.41, 5.74) is 1.11. The Balaban J connectivity index is 1.64. The Morgan fingerprint density at radius 1 is 1.30 bits per heavy atom.